The van der Waals surface area contributed by atoms with E-state index in [1.807, 2.05) is 24.3 Å². The molecule has 0 fully saturated rings. The first-order chi connectivity index (χ1) is 9.74. The molecular formula is C14H16ClN3OS. The van der Waals surface area contributed by atoms with Gasteiger partial charge in [0.05, 0.1) is 6.54 Å². The van der Waals surface area contributed by atoms with Gasteiger partial charge >= 0.3 is 0 Å². The molecule has 1 amide bonds. The number of H-pyrrole nitrogens is 1. The van der Waals surface area contributed by atoms with E-state index in [0.29, 0.717) is 13.0 Å². The highest BCUT2D eigenvalue weighted by molar-refractivity contribution is 7.99. The molecule has 6 heteroatoms. The number of rotatable bonds is 7. The van der Waals surface area contributed by atoms with Crippen LogP contribution in [0.3, 0.4) is 0 Å². The Labute approximate surface area is 127 Å². The molecule has 1 heterocycles. The number of aromatic amines is 1. The van der Waals surface area contributed by atoms with E-state index in [1.54, 1.807) is 24.2 Å². The van der Waals surface area contributed by atoms with E-state index < -0.39 is 0 Å². The van der Waals surface area contributed by atoms with Crippen molar-refractivity contribution in [3.05, 3.63) is 47.5 Å². The third-order valence-corrected chi connectivity index (χ3v) is 3.99. The van der Waals surface area contributed by atoms with E-state index in [0.717, 1.165) is 23.0 Å². The second-order valence-electron chi connectivity index (χ2n) is 4.22. The molecular weight excluding hydrogens is 294 g/mol. The number of carbonyl (C=O) groups excluding carboxylic acids is 1. The Kier molecular flexibility index (Phi) is 5.95. The van der Waals surface area contributed by atoms with Crippen molar-refractivity contribution in [2.24, 2.45) is 0 Å². The number of carbonyl (C=O) groups is 1. The molecule has 0 spiro atoms. The lowest BCUT2D eigenvalue weighted by atomic mass is 10.3. The minimum absolute atomic E-state index is 0.0538. The number of hydrogen-bond donors (Lipinski definition) is 2. The van der Waals surface area contributed by atoms with Gasteiger partial charge in [-0.25, -0.2) is 4.98 Å². The number of thioether (sulfide) groups is 1. The van der Waals surface area contributed by atoms with Gasteiger partial charge in [0, 0.05) is 28.7 Å². The van der Waals surface area contributed by atoms with Gasteiger partial charge in [-0.15, -0.1) is 11.8 Å². The molecule has 4 nitrogen and oxygen atoms in total. The zero-order valence-electron chi connectivity index (χ0n) is 10.9. The predicted molar refractivity (Wildman–Crippen MR) is 81.8 cm³/mol. The number of nitrogens with one attached hydrogen (secondary N) is 2. The standard InChI is InChI=1S/C14H16ClN3OS/c15-11-3-5-12(6-4-11)20-9-1-2-14(19)18-10-13-16-7-8-17-13/h3-8H,1-2,9-10H2,(H,16,17)(H,18,19). The molecule has 0 unspecified atom stereocenters. The van der Waals surface area contributed by atoms with Crippen molar-refractivity contribution < 1.29 is 4.79 Å². The molecule has 0 aliphatic heterocycles. The maximum atomic E-state index is 11.6. The Morgan fingerprint density at radius 1 is 1.35 bits per heavy atom. The minimum atomic E-state index is 0.0538. The Hall–Kier alpha value is -1.46. The number of nitrogens with zero attached hydrogens (tertiary/aromatic N) is 1. The van der Waals surface area contributed by atoms with Crippen molar-refractivity contribution in [1.29, 1.82) is 0 Å². The van der Waals surface area contributed by atoms with Crippen molar-refractivity contribution in [2.75, 3.05) is 5.75 Å². The first-order valence-corrected chi connectivity index (χ1v) is 7.74. The monoisotopic (exact) mass is 309 g/mol. The Bertz CT molecular complexity index is 528. The number of aromatic nitrogens is 2. The average molecular weight is 310 g/mol. The second kappa shape index (κ2) is 7.97. The summed E-state index contributed by atoms with van der Waals surface area (Å²) in [5, 5.41) is 3.57. The molecule has 0 saturated heterocycles. The topological polar surface area (TPSA) is 57.8 Å². The lowest BCUT2D eigenvalue weighted by Crippen LogP contribution is -2.23. The van der Waals surface area contributed by atoms with Crippen LogP contribution in [0.5, 0.6) is 0 Å². The minimum Gasteiger partial charge on any atom is -0.349 e. The summed E-state index contributed by atoms with van der Waals surface area (Å²) >= 11 is 7.55. The molecule has 106 valence electrons. The maximum Gasteiger partial charge on any atom is 0.220 e. The Morgan fingerprint density at radius 3 is 2.85 bits per heavy atom. The van der Waals surface area contributed by atoms with Crippen molar-refractivity contribution in [1.82, 2.24) is 15.3 Å². The van der Waals surface area contributed by atoms with E-state index in [-0.39, 0.29) is 5.91 Å². The Balaban J connectivity index is 1.58. The van der Waals surface area contributed by atoms with Crippen LogP contribution >= 0.6 is 23.4 Å². The third kappa shape index (κ3) is 5.27. The van der Waals surface area contributed by atoms with Crippen LogP contribution in [0.25, 0.3) is 0 Å². The number of benzene rings is 1. The highest BCUT2D eigenvalue weighted by atomic mass is 35.5. The zero-order valence-corrected chi connectivity index (χ0v) is 12.5. The lowest BCUT2D eigenvalue weighted by Gasteiger charge is -2.04. The van der Waals surface area contributed by atoms with E-state index in [4.69, 9.17) is 11.6 Å². The van der Waals surface area contributed by atoms with Crippen molar-refractivity contribution >= 4 is 29.3 Å². The molecule has 20 heavy (non-hydrogen) atoms. The lowest BCUT2D eigenvalue weighted by molar-refractivity contribution is -0.121. The molecule has 1 aromatic carbocycles. The molecule has 0 radical (unpaired) electrons. The van der Waals surface area contributed by atoms with E-state index in [2.05, 4.69) is 15.3 Å². The maximum absolute atomic E-state index is 11.6. The van der Waals surface area contributed by atoms with Crippen LogP contribution in [-0.2, 0) is 11.3 Å². The Morgan fingerprint density at radius 2 is 2.15 bits per heavy atom. The molecule has 1 aromatic heterocycles. The number of imidazole rings is 1. The van der Waals surface area contributed by atoms with E-state index in [9.17, 15) is 4.79 Å². The van der Waals surface area contributed by atoms with E-state index >= 15 is 0 Å². The largest absolute Gasteiger partial charge is 0.349 e. The summed E-state index contributed by atoms with van der Waals surface area (Å²) in [7, 11) is 0. The fraction of sp³-hybridized carbons (Fsp3) is 0.286. The number of hydrogen-bond acceptors (Lipinski definition) is 3. The summed E-state index contributed by atoms with van der Waals surface area (Å²) in [5.41, 5.74) is 0. The van der Waals surface area contributed by atoms with Crippen LogP contribution in [0, 0.1) is 0 Å². The van der Waals surface area contributed by atoms with Crippen LogP contribution in [0.15, 0.2) is 41.6 Å². The van der Waals surface area contributed by atoms with Gasteiger partial charge in [0.1, 0.15) is 5.82 Å². The fourth-order valence-corrected chi connectivity index (χ4v) is 2.60. The smallest absolute Gasteiger partial charge is 0.220 e. The van der Waals surface area contributed by atoms with Gasteiger partial charge in [-0.1, -0.05) is 11.6 Å². The van der Waals surface area contributed by atoms with Crippen molar-refractivity contribution in [3.63, 3.8) is 0 Å². The third-order valence-electron chi connectivity index (χ3n) is 2.64. The van der Waals surface area contributed by atoms with Gasteiger partial charge in [-0.05, 0) is 36.4 Å². The molecule has 2 rings (SSSR count). The first-order valence-electron chi connectivity index (χ1n) is 6.37. The molecule has 0 bridgehead atoms. The normalized spacial score (nSPS) is 10.4. The van der Waals surface area contributed by atoms with Gasteiger partial charge < -0.3 is 10.3 Å². The molecule has 0 atom stereocenters. The summed E-state index contributed by atoms with van der Waals surface area (Å²) in [6.45, 7) is 0.455. The molecule has 0 saturated carbocycles. The average Bonchev–Trinajstić information content (AvgIpc) is 2.96. The SMILES string of the molecule is O=C(CCCSc1ccc(Cl)cc1)NCc1ncc[nH]1. The molecule has 0 aliphatic carbocycles. The zero-order chi connectivity index (χ0) is 14.2. The summed E-state index contributed by atoms with van der Waals surface area (Å²) in [4.78, 5) is 19.8. The van der Waals surface area contributed by atoms with Gasteiger partial charge in [0.15, 0.2) is 0 Å². The van der Waals surface area contributed by atoms with Gasteiger partial charge in [-0.2, -0.15) is 0 Å². The highest BCUT2D eigenvalue weighted by Gasteiger charge is 2.02. The number of amides is 1. The van der Waals surface area contributed by atoms with E-state index in [1.165, 1.54) is 4.90 Å². The van der Waals surface area contributed by atoms with Gasteiger partial charge in [0.25, 0.3) is 0 Å². The van der Waals surface area contributed by atoms with Crippen LogP contribution in [0.2, 0.25) is 5.02 Å². The highest BCUT2D eigenvalue weighted by Crippen LogP contribution is 2.21. The summed E-state index contributed by atoms with van der Waals surface area (Å²) in [6, 6.07) is 7.73. The second-order valence-corrected chi connectivity index (χ2v) is 5.82. The summed E-state index contributed by atoms with van der Waals surface area (Å²) < 4.78 is 0. The van der Waals surface area contributed by atoms with Crippen LogP contribution in [0.4, 0.5) is 0 Å². The summed E-state index contributed by atoms with van der Waals surface area (Å²) in [5.74, 6) is 1.74. The van der Waals surface area contributed by atoms with Crippen LogP contribution < -0.4 is 5.32 Å². The molecule has 0 aliphatic rings. The van der Waals surface area contributed by atoms with Crippen LogP contribution in [-0.4, -0.2) is 21.6 Å². The quantitative estimate of drug-likeness (QED) is 0.610. The fourth-order valence-electron chi connectivity index (χ4n) is 1.62. The van der Waals surface area contributed by atoms with Gasteiger partial charge in [-0.3, -0.25) is 4.79 Å². The van der Waals surface area contributed by atoms with Crippen molar-refractivity contribution in [2.45, 2.75) is 24.3 Å². The van der Waals surface area contributed by atoms with Gasteiger partial charge in [0.2, 0.25) is 5.91 Å². The number of halogens is 1. The van der Waals surface area contributed by atoms with Crippen LogP contribution in [0.1, 0.15) is 18.7 Å². The predicted octanol–water partition coefficient (Wildman–Crippen LogP) is 3.25. The summed E-state index contributed by atoms with van der Waals surface area (Å²) in [6.07, 6.45) is 4.78. The molecule has 2 aromatic rings. The first kappa shape index (κ1) is 14.9. The molecule has 2 N–H and O–H groups in total. The van der Waals surface area contributed by atoms with Crippen molar-refractivity contribution in [3.8, 4) is 0 Å².